The molecule has 0 aliphatic heterocycles. The summed E-state index contributed by atoms with van der Waals surface area (Å²) in [5, 5.41) is 10.1. The number of rotatable bonds is 10. The lowest BCUT2D eigenvalue weighted by Crippen LogP contribution is -2.29. The summed E-state index contributed by atoms with van der Waals surface area (Å²) in [5.41, 5.74) is 1.87. The second kappa shape index (κ2) is 11.9. The van der Waals surface area contributed by atoms with E-state index in [1.165, 1.54) is 0 Å². The molecule has 2 amide bonds. The summed E-state index contributed by atoms with van der Waals surface area (Å²) >= 11 is 0. The van der Waals surface area contributed by atoms with Gasteiger partial charge in [-0.25, -0.2) is 0 Å². The van der Waals surface area contributed by atoms with Gasteiger partial charge in [0.05, 0.1) is 0 Å². The van der Waals surface area contributed by atoms with Crippen molar-refractivity contribution < 1.29 is 19.1 Å². The van der Waals surface area contributed by atoms with E-state index in [4.69, 9.17) is 9.47 Å². The molecule has 6 heteroatoms. The molecule has 0 unspecified atom stereocenters. The second-order valence-corrected chi connectivity index (χ2v) is 8.97. The molecule has 0 radical (unpaired) electrons. The zero-order valence-corrected chi connectivity index (χ0v) is 20.9. The summed E-state index contributed by atoms with van der Waals surface area (Å²) in [6.45, 7) is 0.607. The van der Waals surface area contributed by atoms with Crippen molar-refractivity contribution in [3.63, 3.8) is 0 Å². The lowest BCUT2D eigenvalue weighted by Gasteiger charge is -2.11. The molecule has 0 saturated carbocycles. The fourth-order valence-electron chi connectivity index (χ4n) is 4.17. The van der Waals surface area contributed by atoms with E-state index in [1.807, 2.05) is 109 Å². The molecule has 38 heavy (non-hydrogen) atoms. The number of nitrogens with one attached hydrogen (secondary N) is 2. The number of amides is 2. The van der Waals surface area contributed by atoms with Crippen LogP contribution in [-0.2, 0) is 22.7 Å². The van der Waals surface area contributed by atoms with Crippen LogP contribution in [0.2, 0.25) is 0 Å². The molecule has 5 aromatic rings. The van der Waals surface area contributed by atoms with Crippen LogP contribution >= 0.6 is 0 Å². The molecule has 0 atom stereocenters. The minimum absolute atomic E-state index is 0.0642. The first-order valence-electron chi connectivity index (χ1n) is 12.5. The lowest BCUT2D eigenvalue weighted by molar-refractivity contribution is -0.124. The van der Waals surface area contributed by atoms with Crippen molar-refractivity contribution in [2.45, 2.75) is 13.1 Å². The Morgan fingerprint density at radius 2 is 0.947 bits per heavy atom. The Kier molecular flexibility index (Phi) is 7.80. The van der Waals surface area contributed by atoms with Gasteiger partial charge in [-0.05, 0) is 56.9 Å². The van der Waals surface area contributed by atoms with Crippen LogP contribution in [0, 0.1) is 0 Å². The molecule has 2 N–H and O–H groups in total. The monoisotopic (exact) mass is 504 g/mol. The van der Waals surface area contributed by atoms with E-state index in [1.54, 1.807) is 0 Å². The van der Waals surface area contributed by atoms with Gasteiger partial charge in [0.2, 0.25) is 0 Å². The first-order valence-corrected chi connectivity index (χ1v) is 12.5. The van der Waals surface area contributed by atoms with E-state index in [0.717, 1.165) is 32.7 Å². The average Bonchev–Trinajstić information content (AvgIpc) is 2.97. The van der Waals surface area contributed by atoms with Crippen molar-refractivity contribution >= 4 is 33.4 Å². The van der Waals surface area contributed by atoms with E-state index >= 15 is 0 Å². The minimum Gasteiger partial charge on any atom is -0.484 e. The van der Waals surface area contributed by atoms with Gasteiger partial charge in [-0.15, -0.1) is 0 Å². The van der Waals surface area contributed by atoms with Gasteiger partial charge in [0.25, 0.3) is 11.8 Å². The van der Waals surface area contributed by atoms with E-state index in [0.29, 0.717) is 24.6 Å². The van der Waals surface area contributed by atoms with Crippen molar-refractivity contribution in [3.05, 3.63) is 120 Å². The number of carbonyl (C=O) groups excluding carboxylic acids is 2. The summed E-state index contributed by atoms with van der Waals surface area (Å²) in [6.07, 6.45) is 0. The number of benzene rings is 5. The van der Waals surface area contributed by atoms with Crippen molar-refractivity contribution in [2.24, 2.45) is 0 Å². The fourth-order valence-corrected chi connectivity index (χ4v) is 4.17. The highest BCUT2D eigenvalue weighted by Crippen LogP contribution is 2.21. The van der Waals surface area contributed by atoms with Crippen LogP contribution < -0.4 is 20.1 Å². The number of hydrogen-bond donors (Lipinski definition) is 2. The Morgan fingerprint density at radius 3 is 1.42 bits per heavy atom. The van der Waals surface area contributed by atoms with Gasteiger partial charge in [0.1, 0.15) is 11.5 Å². The molecule has 0 aliphatic carbocycles. The van der Waals surface area contributed by atoms with Crippen molar-refractivity contribution in [3.8, 4) is 11.5 Å². The quantitative estimate of drug-likeness (QED) is 0.268. The van der Waals surface area contributed by atoms with Crippen LogP contribution in [0.1, 0.15) is 11.1 Å². The molecular weight excluding hydrogens is 476 g/mol. The Bertz CT molecular complexity index is 1470. The van der Waals surface area contributed by atoms with E-state index < -0.39 is 0 Å². The first-order chi connectivity index (χ1) is 18.6. The van der Waals surface area contributed by atoms with Gasteiger partial charge in [0, 0.05) is 13.1 Å². The van der Waals surface area contributed by atoms with E-state index in [-0.39, 0.29) is 25.0 Å². The third-order valence-corrected chi connectivity index (χ3v) is 6.15. The summed E-state index contributed by atoms with van der Waals surface area (Å²) in [6, 6.07) is 35.2. The molecule has 6 nitrogen and oxygen atoms in total. The maximum atomic E-state index is 12.3. The zero-order chi connectivity index (χ0) is 26.2. The van der Waals surface area contributed by atoms with Gasteiger partial charge < -0.3 is 20.1 Å². The third kappa shape index (κ3) is 6.68. The molecule has 0 aliphatic rings. The maximum absolute atomic E-state index is 12.3. The van der Waals surface area contributed by atoms with Gasteiger partial charge in [-0.2, -0.15) is 0 Å². The number of hydrogen-bond acceptors (Lipinski definition) is 4. The Labute approximate surface area is 221 Å². The molecule has 0 aromatic heterocycles. The molecule has 0 fully saturated rings. The first kappa shape index (κ1) is 24.8. The van der Waals surface area contributed by atoms with Gasteiger partial charge in [-0.1, -0.05) is 84.9 Å². The second-order valence-electron chi connectivity index (χ2n) is 8.97. The van der Waals surface area contributed by atoms with Crippen LogP contribution in [0.4, 0.5) is 0 Å². The minimum atomic E-state index is -0.206. The fraction of sp³-hybridized carbons (Fsp3) is 0.125. The highest BCUT2D eigenvalue weighted by atomic mass is 16.5. The van der Waals surface area contributed by atoms with Gasteiger partial charge in [-0.3, -0.25) is 9.59 Å². The predicted molar refractivity (Wildman–Crippen MR) is 149 cm³/mol. The molecule has 5 aromatic carbocycles. The molecule has 190 valence electrons. The highest BCUT2D eigenvalue weighted by Gasteiger charge is 2.07. The van der Waals surface area contributed by atoms with Crippen LogP contribution in [0.25, 0.3) is 21.5 Å². The summed E-state index contributed by atoms with van der Waals surface area (Å²) in [7, 11) is 0. The predicted octanol–water partition coefficient (Wildman–Crippen LogP) is 5.38. The molecule has 0 bridgehead atoms. The van der Waals surface area contributed by atoms with E-state index in [2.05, 4.69) is 10.6 Å². The molecular formula is C32H28N2O4. The maximum Gasteiger partial charge on any atom is 0.258 e. The Balaban J connectivity index is 1.05. The largest absolute Gasteiger partial charge is 0.484 e. The van der Waals surface area contributed by atoms with Crippen LogP contribution in [0.3, 0.4) is 0 Å². The topological polar surface area (TPSA) is 76.7 Å². The SMILES string of the molecule is O=C(COc1ccc2ccccc2c1)NCc1cccc(CNC(=O)COc2ccc3ccccc3c2)c1. The lowest BCUT2D eigenvalue weighted by atomic mass is 10.1. The van der Waals surface area contributed by atoms with Crippen LogP contribution in [-0.4, -0.2) is 25.0 Å². The van der Waals surface area contributed by atoms with Crippen molar-refractivity contribution in [1.82, 2.24) is 10.6 Å². The van der Waals surface area contributed by atoms with Crippen molar-refractivity contribution in [2.75, 3.05) is 13.2 Å². The molecule has 0 spiro atoms. The molecule has 5 rings (SSSR count). The zero-order valence-electron chi connectivity index (χ0n) is 20.9. The standard InChI is InChI=1S/C32H28N2O4/c35-31(21-37-29-14-12-25-8-1-3-10-27(25)17-29)33-19-23-6-5-7-24(16-23)20-34-32(36)22-38-30-15-13-26-9-2-4-11-28(26)18-30/h1-18H,19-22H2,(H,33,35)(H,34,36). The summed E-state index contributed by atoms with van der Waals surface area (Å²) in [4.78, 5) is 24.6. The normalized spacial score (nSPS) is 10.7. The number of fused-ring (bicyclic) bond motifs is 2. The average molecular weight is 505 g/mol. The summed E-state index contributed by atoms with van der Waals surface area (Å²) < 4.78 is 11.3. The van der Waals surface area contributed by atoms with E-state index in [9.17, 15) is 9.59 Å². The third-order valence-electron chi connectivity index (χ3n) is 6.15. The van der Waals surface area contributed by atoms with Gasteiger partial charge >= 0.3 is 0 Å². The van der Waals surface area contributed by atoms with Crippen molar-refractivity contribution in [1.29, 1.82) is 0 Å². The molecule has 0 heterocycles. The smallest absolute Gasteiger partial charge is 0.258 e. The highest BCUT2D eigenvalue weighted by molar-refractivity contribution is 5.85. The number of ether oxygens (including phenoxy) is 2. The van der Waals surface area contributed by atoms with Crippen LogP contribution in [0.5, 0.6) is 11.5 Å². The number of carbonyl (C=O) groups is 2. The van der Waals surface area contributed by atoms with Gasteiger partial charge in [0.15, 0.2) is 13.2 Å². The summed E-state index contributed by atoms with van der Waals surface area (Å²) in [5.74, 6) is 0.896. The Hall–Kier alpha value is -4.84. The Morgan fingerprint density at radius 1 is 0.500 bits per heavy atom. The van der Waals surface area contributed by atoms with Crippen LogP contribution in [0.15, 0.2) is 109 Å². The molecule has 0 saturated heterocycles.